The molecule has 3 heterocycles. The minimum Gasteiger partial charge on any atom is -0.301 e. The number of pyridine rings is 1. The predicted molar refractivity (Wildman–Crippen MR) is 76.9 cm³/mol. The number of likely N-dealkylation sites (tertiary alicyclic amines) is 1. The fraction of sp³-hybridized carbons (Fsp3) is 0.533. The van der Waals surface area contributed by atoms with Crippen LogP contribution in [-0.2, 0) is 6.42 Å². The largest absolute Gasteiger partial charge is 0.301 e. The molecule has 1 aliphatic rings. The maximum Gasteiger partial charge on any atom is 0.155 e. The fourth-order valence-electron chi connectivity index (χ4n) is 2.86. The van der Waals surface area contributed by atoms with Gasteiger partial charge >= 0.3 is 0 Å². The van der Waals surface area contributed by atoms with Crippen LogP contribution in [0.5, 0.6) is 0 Å². The van der Waals surface area contributed by atoms with Gasteiger partial charge in [-0.05, 0) is 44.9 Å². The van der Waals surface area contributed by atoms with Gasteiger partial charge in [-0.3, -0.25) is 4.79 Å². The number of nitrogens with zero attached hydrogens (tertiary/aromatic N) is 4. The Balaban J connectivity index is 1.73. The Morgan fingerprint density at radius 2 is 2.30 bits per heavy atom. The van der Waals surface area contributed by atoms with E-state index in [-0.39, 0.29) is 0 Å². The van der Waals surface area contributed by atoms with Gasteiger partial charge in [0.1, 0.15) is 0 Å². The van der Waals surface area contributed by atoms with E-state index < -0.39 is 0 Å². The molecule has 0 N–H and O–H groups in total. The molecule has 2 aromatic rings. The van der Waals surface area contributed by atoms with E-state index in [1.54, 1.807) is 16.8 Å². The van der Waals surface area contributed by atoms with Gasteiger partial charge in [-0.25, -0.2) is 9.50 Å². The molecule has 0 aliphatic carbocycles. The Hall–Kier alpha value is -1.75. The normalized spacial score (nSPS) is 20.1. The van der Waals surface area contributed by atoms with Crippen molar-refractivity contribution in [3.8, 4) is 0 Å². The van der Waals surface area contributed by atoms with E-state index in [0.717, 1.165) is 30.7 Å². The van der Waals surface area contributed by atoms with Crippen molar-refractivity contribution in [1.82, 2.24) is 19.5 Å². The van der Waals surface area contributed by atoms with Crippen molar-refractivity contribution in [2.45, 2.75) is 32.7 Å². The molecule has 0 amide bonds. The lowest BCUT2D eigenvalue weighted by Gasteiger charge is -2.19. The first-order valence-corrected chi connectivity index (χ1v) is 7.20. The van der Waals surface area contributed by atoms with Gasteiger partial charge in [-0.2, -0.15) is 5.10 Å². The lowest BCUT2D eigenvalue weighted by atomic mass is 10.1. The molecule has 0 bridgehead atoms. The number of hydrogen-bond acceptors (Lipinski definition) is 4. The van der Waals surface area contributed by atoms with Gasteiger partial charge in [0.15, 0.2) is 17.8 Å². The minimum absolute atomic E-state index is 0.615. The molecule has 20 heavy (non-hydrogen) atoms. The summed E-state index contributed by atoms with van der Waals surface area (Å²) in [4.78, 5) is 17.8. The van der Waals surface area contributed by atoms with Crippen LogP contribution in [-0.4, -0.2) is 44.9 Å². The molecule has 5 nitrogen and oxygen atoms in total. The number of carbonyl (C=O) groups is 1. The highest BCUT2D eigenvalue weighted by Gasteiger charge is 2.25. The van der Waals surface area contributed by atoms with Crippen molar-refractivity contribution in [3.63, 3.8) is 0 Å². The average molecular weight is 272 g/mol. The number of rotatable bonds is 4. The summed E-state index contributed by atoms with van der Waals surface area (Å²) in [6, 6.07) is 4.23. The number of aldehydes is 1. The first kappa shape index (κ1) is 13.2. The summed E-state index contributed by atoms with van der Waals surface area (Å²) >= 11 is 0. The molecular formula is C15H20N4O. The summed E-state index contributed by atoms with van der Waals surface area (Å²) < 4.78 is 1.70. The monoisotopic (exact) mass is 272 g/mol. The molecule has 1 saturated heterocycles. The van der Waals surface area contributed by atoms with Gasteiger partial charge in [-0.15, -0.1) is 0 Å². The van der Waals surface area contributed by atoms with E-state index in [2.05, 4.69) is 28.8 Å². The topological polar surface area (TPSA) is 50.5 Å². The molecule has 0 spiro atoms. The highest BCUT2D eigenvalue weighted by molar-refractivity contribution is 5.74. The standard InChI is InChI=1S/C15H20N4O/c1-11(2)18-6-5-12(8-18)7-14-16-15-4-3-13(10-20)9-19(15)17-14/h3-4,9-12H,5-8H2,1-2H3. The molecule has 106 valence electrons. The Kier molecular flexibility index (Phi) is 3.53. The van der Waals surface area contributed by atoms with Crippen LogP contribution in [0.3, 0.4) is 0 Å². The van der Waals surface area contributed by atoms with E-state index in [4.69, 9.17) is 0 Å². The van der Waals surface area contributed by atoms with Crippen molar-refractivity contribution < 1.29 is 4.79 Å². The van der Waals surface area contributed by atoms with Crippen molar-refractivity contribution in [2.24, 2.45) is 5.92 Å². The third-order valence-electron chi connectivity index (χ3n) is 4.05. The molecule has 1 atom stereocenters. The van der Waals surface area contributed by atoms with Crippen LogP contribution in [0.25, 0.3) is 5.65 Å². The first-order chi connectivity index (χ1) is 9.65. The van der Waals surface area contributed by atoms with E-state index in [9.17, 15) is 4.79 Å². The van der Waals surface area contributed by atoms with Gasteiger partial charge < -0.3 is 4.90 Å². The summed E-state index contributed by atoms with van der Waals surface area (Å²) in [5.41, 5.74) is 1.44. The Morgan fingerprint density at radius 3 is 3.00 bits per heavy atom. The lowest BCUT2D eigenvalue weighted by Crippen LogP contribution is -2.28. The zero-order valence-electron chi connectivity index (χ0n) is 12.0. The second-order valence-corrected chi connectivity index (χ2v) is 5.86. The minimum atomic E-state index is 0.615. The van der Waals surface area contributed by atoms with E-state index in [1.165, 1.54) is 13.0 Å². The maximum atomic E-state index is 10.8. The maximum absolute atomic E-state index is 10.8. The summed E-state index contributed by atoms with van der Waals surface area (Å²) in [6.07, 6.45) is 4.70. The van der Waals surface area contributed by atoms with Gasteiger partial charge in [0.25, 0.3) is 0 Å². The molecular weight excluding hydrogens is 252 g/mol. The molecule has 5 heteroatoms. The third-order valence-corrected chi connectivity index (χ3v) is 4.05. The second-order valence-electron chi connectivity index (χ2n) is 5.86. The van der Waals surface area contributed by atoms with Crippen LogP contribution in [0, 0.1) is 5.92 Å². The van der Waals surface area contributed by atoms with Crippen LogP contribution in [0.4, 0.5) is 0 Å². The second kappa shape index (κ2) is 5.32. The van der Waals surface area contributed by atoms with Crippen molar-refractivity contribution in [1.29, 1.82) is 0 Å². The molecule has 0 radical (unpaired) electrons. The Labute approximate surface area is 118 Å². The molecule has 0 saturated carbocycles. The van der Waals surface area contributed by atoms with Crippen molar-refractivity contribution in [3.05, 3.63) is 29.7 Å². The number of hydrogen-bond donors (Lipinski definition) is 0. The SMILES string of the molecule is CC(C)N1CCC(Cc2nc3ccc(C=O)cn3n2)C1. The third kappa shape index (κ3) is 2.58. The van der Waals surface area contributed by atoms with Crippen molar-refractivity contribution >= 4 is 11.9 Å². The zero-order valence-corrected chi connectivity index (χ0v) is 12.0. The van der Waals surface area contributed by atoms with Crippen LogP contribution in [0.2, 0.25) is 0 Å². The van der Waals surface area contributed by atoms with E-state index in [1.807, 2.05) is 6.07 Å². The average Bonchev–Trinajstić information content (AvgIpc) is 3.04. The molecule has 0 aromatic carbocycles. The number of fused-ring (bicyclic) bond motifs is 1. The fourth-order valence-corrected chi connectivity index (χ4v) is 2.86. The number of aromatic nitrogens is 3. The van der Waals surface area contributed by atoms with Crippen LogP contribution in [0.15, 0.2) is 18.3 Å². The first-order valence-electron chi connectivity index (χ1n) is 7.20. The highest BCUT2D eigenvalue weighted by atomic mass is 16.1. The summed E-state index contributed by atoms with van der Waals surface area (Å²) in [6.45, 7) is 6.79. The van der Waals surface area contributed by atoms with Crippen LogP contribution < -0.4 is 0 Å². The molecule has 2 aromatic heterocycles. The van der Waals surface area contributed by atoms with E-state index >= 15 is 0 Å². The zero-order chi connectivity index (χ0) is 14.1. The molecule has 3 rings (SSSR count). The van der Waals surface area contributed by atoms with Gasteiger partial charge in [-0.1, -0.05) is 0 Å². The Bertz CT molecular complexity index is 619. The van der Waals surface area contributed by atoms with Crippen molar-refractivity contribution in [2.75, 3.05) is 13.1 Å². The summed E-state index contributed by atoms with van der Waals surface area (Å²) in [5, 5.41) is 4.48. The molecule has 1 unspecified atom stereocenters. The quantitative estimate of drug-likeness (QED) is 0.797. The van der Waals surface area contributed by atoms with Gasteiger partial charge in [0.05, 0.1) is 0 Å². The van der Waals surface area contributed by atoms with Gasteiger partial charge in [0, 0.05) is 30.8 Å². The van der Waals surface area contributed by atoms with E-state index in [0.29, 0.717) is 17.5 Å². The van der Waals surface area contributed by atoms with Crippen LogP contribution >= 0.6 is 0 Å². The lowest BCUT2D eigenvalue weighted by molar-refractivity contribution is 0.112. The highest BCUT2D eigenvalue weighted by Crippen LogP contribution is 2.21. The van der Waals surface area contributed by atoms with Gasteiger partial charge in [0.2, 0.25) is 0 Å². The number of carbonyl (C=O) groups excluding carboxylic acids is 1. The summed E-state index contributed by atoms with van der Waals surface area (Å²) in [5.74, 6) is 1.52. The Morgan fingerprint density at radius 1 is 1.45 bits per heavy atom. The summed E-state index contributed by atoms with van der Waals surface area (Å²) in [7, 11) is 0. The molecule has 1 fully saturated rings. The van der Waals surface area contributed by atoms with Crippen LogP contribution in [0.1, 0.15) is 36.5 Å². The smallest absolute Gasteiger partial charge is 0.155 e. The molecule has 1 aliphatic heterocycles. The predicted octanol–water partition coefficient (Wildman–Crippen LogP) is 1.81.